The van der Waals surface area contributed by atoms with E-state index in [9.17, 15) is 24.6 Å². The van der Waals surface area contributed by atoms with Crippen molar-refractivity contribution in [1.29, 1.82) is 0 Å². The SMILES string of the molecule is C=C1C2=C(C)[C@@]3(O)C(=O)C(C(C)=O)=C(C)C[C@@]3(C)C[C@@]2(C)Cc2c(C(C)C)cc(CC(=O)CCC(C)(C)C)c(O)c21. The minimum atomic E-state index is -1.85. The summed E-state index contributed by atoms with van der Waals surface area (Å²) in [5.41, 5.74) is 3.00. The Kier molecular flexibility index (Phi) is 7.52. The predicted molar refractivity (Wildman–Crippen MR) is 164 cm³/mol. The van der Waals surface area contributed by atoms with Crippen LogP contribution in [0.5, 0.6) is 5.75 Å². The van der Waals surface area contributed by atoms with Crippen LogP contribution >= 0.6 is 0 Å². The molecule has 3 aliphatic rings. The van der Waals surface area contributed by atoms with E-state index in [1.807, 2.05) is 19.9 Å². The molecule has 3 atom stereocenters. The van der Waals surface area contributed by atoms with Gasteiger partial charge >= 0.3 is 0 Å². The topological polar surface area (TPSA) is 91.7 Å². The molecule has 0 heterocycles. The molecule has 1 aromatic rings. The first-order chi connectivity index (χ1) is 18.7. The van der Waals surface area contributed by atoms with E-state index < -0.39 is 22.2 Å². The van der Waals surface area contributed by atoms with Gasteiger partial charge in [-0.1, -0.05) is 66.7 Å². The van der Waals surface area contributed by atoms with Crippen molar-refractivity contribution in [2.75, 3.05) is 0 Å². The third-order valence-corrected chi connectivity index (χ3v) is 10.0. The van der Waals surface area contributed by atoms with Crippen LogP contribution in [0.3, 0.4) is 0 Å². The molecule has 0 amide bonds. The number of hydrogen-bond acceptors (Lipinski definition) is 5. The highest BCUT2D eigenvalue weighted by Gasteiger charge is 2.64. The summed E-state index contributed by atoms with van der Waals surface area (Å²) in [5, 5.41) is 24.0. The predicted octanol–water partition coefficient (Wildman–Crippen LogP) is 7.37. The summed E-state index contributed by atoms with van der Waals surface area (Å²) in [6, 6.07) is 2.00. The average Bonchev–Trinajstić information content (AvgIpc) is 2.80. The van der Waals surface area contributed by atoms with Gasteiger partial charge in [0, 0.05) is 29.4 Å². The molecule has 0 bridgehead atoms. The van der Waals surface area contributed by atoms with Crippen molar-refractivity contribution in [2.24, 2.45) is 16.2 Å². The summed E-state index contributed by atoms with van der Waals surface area (Å²) >= 11 is 0. The Morgan fingerprint density at radius 2 is 1.73 bits per heavy atom. The number of phenols is 1. The lowest BCUT2D eigenvalue weighted by molar-refractivity contribution is -0.150. The molecule has 0 aromatic heterocycles. The molecule has 1 aromatic carbocycles. The Labute approximate surface area is 245 Å². The molecule has 3 aliphatic carbocycles. The number of aromatic hydroxyl groups is 1. The van der Waals surface area contributed by atoms with Gasteiger partial charge in [0.2, 0.25) is 5.78 Å². The standard InChI is InChI=1S/C36H48O5/c1-19(2)26-15-24(14-25(38)12-13-33(7,8)9)31(39)29-21(4)30-22(5)36(41)32(40)28(23(6)37)20(3)16-35(36,11)18-34(30,10)17-27(26)29/h15,19,39,41H,4,12-14,16-18H2,1-3,5-11H3/t34-,35+,36-/m1/s1. The van der Waals surface area contributed by atoms with Crippen molar-refractivity contribution in [3.05, 3.63) is 57.2 Å². The summed E-state index contributed by atoms with van der Waals surface area (Å²) in [7, 11) is 0. The quantitative estimate of drug-likeness (QED) is 0.355. The number of aliphatic hydroxyl groups is 1. The monoisotopic (exact) mass is 560 g/mol. The Bertz CT molecular complexity index is 1440. The molecule has 5 heteroatoms. The van der Waals surface area contributed by atoms with Crippen molar-refractivity contribution in [2.45, 2.75) is 119 Å². The van der Waals surface area contributed by atoms with E-state index in [1.165, 1.54) is 6.92 Å². The van der Waals surface area contributed by atoms with Gasteiger partial charge in [0.15, 0.2) is 11.4 Å². The van der Waals surface area contributed by atoms with Crippen LogP contribution in [0.15, 0.2) is 34.9 Å². The van der Waals surface area contributed by atoms with Crippen LogP contribution in [0, 0.1) is 16.2 Å². The maximum absolute atomic E-state index is 13.9. The highest BCUT2D eigenvalue weighted by atomic mass is 16.3. The molecule has 0 radical (unpaired) electrons. The molecule has 0 saturated carbocycles. The van der Waals surface area contributed by atoms with Crippen molar-refractivity contribution in [3.8, 4) is 5.75 Å². The lowest BCUT2D eigenvalue weighted by Crippen LogP contribution is -2.62. The van der Waals surface area contributed by atoms with E-state index in [1.54, 1.807) is 6.92 Å². The van der Waals surface area contributed by atoms with Gasteiger partial charge in [-0.15, -0.1) is 0 Å². The second-order valence-corrected chi connectivity index (χ2v) is 15.1. The number of benzene rings is 1. The zero-order chi connectivity index (χ0) is 31.0. The fraction of sp³-hybridized carbons (Fsp3) is 0.583. The van der Waals surface area contributed by atoms with E-state index in [0.29, 0.717) is 48.0 Å². The molecule has 5 nitrogen and oxygen atoms in total. The van der Waals surface area contributed by atoms with Gasteiger partial charge in [0.1, 0.15) is 11.5 Å². The number of Topliss-reactive ketones (excluding diaryl/α,β-unsaturated/α-hetero) is 3. The number of fused-ring (bicyclic) bond motifs is 3. The van der Waals surface area contributed by atoms with Gasteiger partial charge in [0.05, 0.1) is 5.57 Å². The van der Waals surface area contributed by atoms with Crippen LogP contribution in [0.2, 0.25) is 0 Å². The minimum Gasteiger partial charge on any atom is -0.507 e. The number of hydrogen-bond donors (Lipinski definition) is 2. The van der Waals surface area contributed by atoms with Gasteiger partial charge in [0.25, 0.3) is 0 Å². The van der Waals surface area contributed by atoms with Gasteiger partial charge in [-0.3, -0.25) is 14.4 Å². The maximum Gasteiger partial charge on any atom is 0.202 e. The molecule has 222 valence electrons. The zero-order valence-corrected chi connectivity index (χ0v) is 26.7. The third kappa shape index (κ3) is 4.78. The van der Waals surface area contributed by atoms with Crippen molar-refractivity contribution in [3.63, 3.8) is 0 Å². The van der Waals surface area contributed by atoms with Crippen LogP contribution in [-0.4, -0.2) is 33.2 Å². The van der Waals surface area contributed by atoms with Crippen molar-refractivity contribution < 1.29 is 24.6 Å². The summed E-state index contributed by atoms with van der Waals surface area (Å²) in [6.45, 7) is 24.2. The molecule has 4 rings (SSSR count). The fourth-order valence-electron chi connectivity index (χ4n) is 8.34. The van der Waals surface area contributed by atoms with Crippen LogP contribution in [0.4, 0.5) is 0 Å². The summed E-state index contributed by atoms with van der Waals surface area (Å²) in [4.78, 5) is 39.4. The first-order valence-corrected chi connectivity index (χ1v) is 15.0. The van der Waals surface area contributed by atoms with E-state index in [-0.39, 0.29) is 40.6 Å². The molecule has 0 fully saturated rings. The number of ketones is 3. The molecule has 0 aliphatic heterocycles. The van der Waals surface area contributed by atoms with Gasteiger partial charge < -0.3 is 10.2 Å². The Morgan fingerprint density at radius 1 is 1.12 bits per heavy atom. The lowest BCUT2D eigenvalue weighted by Gasteiger charge is -2.58. The highest BCUT2D eigenvalue weighted by Crippen LogP contribution is 2.65. The first kappa shape index (κ1) is 31.2. The first-order valence-electron chi connectivity index (χ1n) is 15.0. The average molecular weight is 561 g/mol. The number of carbonyl (C=O) groups excluding carboxylic acids is 3. The van der Waals surface area contributed by atoms with Gasteiger partial charge in [-0.25, -0.2) is 0 Å². The van der Waals surface area contributed by atoms with Crippen LogP contribution in [0.25, 0.3) is 5.57 Å². The minimum absolute atomic E-state index is 0.0433. The maximum atomic E-state index is 13.9. The smallest absolute Gasteiger partial charge is 0.202 e. The largest absolute Gasteiger partial charge is 0.507 e. The molecular weight excluding hydrogens is 512 g/mol. The lowest BCUT2D eigenvalue weighted by atomic mass is 9.46. The molecule has 0 spiro atoms. The molecule has 0 saturated heterocycles. The van der Waals surface area contributed by atoms with Crippen molar-refractivity contribution in [1.82, 2.24) is 0 Å². The van der Waals surface area contributed by atoms with E-state index >= 15 is 0 Å². The molecule has 0 unspecified atom stereocenters. The summed E-state index contributed by atoms with van der Waals surface area (Å²) < 4.78 is 0. The van der Waals surface area contributed by atoms with Crippen LogP contribution in [-0.2, 0) is 27.2 Å². The Morgan fingerprint density at radius 3 is 2.27 bits per heavy atom. The third-order valence-electron chi connectivity index (χ3n) is 10.0. The second kappa shape index (κ2) is 9.90. The van der Waals surface area contributed by atoms with Crippen LogP contribution in [0.1, 0.15) is 123 Å². The number of allylic oxidation sites excluding steroid dienone is 3. The fourth-order valence-corrected chi connectivity index (χ4v) is 8.34. The Hall–Kier alpha value is -2.79. The van der Waals surface area contributed by atoms with E-state index in [0.717, 1.165) is 28.7 Å². The van der Waals surface area contributed by atoms with Crippen molar-refractivity contribution >= 4 is 22.9 Å². The molecule has 41 heavy (non-hydrogen) atoms. The second-order valence-electron chi connectivity index (χ2n) is 15.1. The molecule has 2 N–H and O–H groups in total. The normalized spacial score (nSPS) is 28.1. The van der Waals surface area contributed by atoms with Crippen LogP contribution < -0.4 is 0 Å². The number of rotatable bonds is 6. The summed E-state index contributed by atoms with van der Waals surface area (Å²) in [6.07, 6.45) is 2.95. The Balaban J connectivity index is 1.91. The highest BCUT2D eigenvalue weighted by molar-refractivity contribution is 6.24. The number of carbonyl (C=O) groups is 3. The van der Waals surface area contributed by atoms with Gasteiger partial charge in [-0.2, -0.15) is 0 Å². The van der Waals surface area contributed by atoms with Gasteiger partial charge in [-0.05, 0) is 91.0 Å². The zero-order valence-electron chi connectivity index (χ0n) is 26.7. The van der Waals surface area contributed by atoms with E-state index in [4.69, 9.17) is 0 Å². The van der Waals surface area contributed by atoms with E-state index in [2.05, 4.69) is 48.1 Å². The summed E-state index contributed by atoms with van der Waals surface area (Å²) in [5.74, 6) is -0.558. The molecular formula is C36H48O5. The number of phenolic OH excluding ortho intramolecular Hbond substituents is 1.